The van der Waals surface area contributed by atoms with Crippen molar-refractivity contribution in [2.45, 2.75) is 51.4 Å². The molecule has 0 saturated carbocycles. The van der Waals surface area contributed by atoms with Crippen LogP contribution in [0, 0.1) is 0 Å². The Morgan fingerprint density at radius 1 is 1.29 bits per heavy atom. The quantitative estimate of drug-likeness (QED) is 0.679. The van der Waals surface area contributed by atoms with Crippen molar-refractivity contribution in [3.63, 3.8) is 0 Å². The summed E-state index contributed by atoms with van der Waals surface area (Å²) in [5.41, 5.74) is 9.21. The van der Waals surface area contributed by atoms with Gasteiger partial charge in [-0.2, -0.15) is 5.10 Å². The van der Waals surface area contributed by atoms with Crippen molar-refractivity contribution in [1.82, 2.24) is 9.78 Å². The molecule has 1 aromatic heterocycles. The summed E-state index contributed by atoms with van der Waals surface area (Å²) in [5, 5.41) is 5.84. The second kappa shape index (κ2) is 5.77. The van der Waals surface area contributed by atoms with Crippen LogP contribution in [0.1, 0.15) is 27.2 Å². The number of aryl methyl sites for hydroxylation is 1. The first-order valence-corrected chi connectivity index (χ1v) is 11.6. The van der Waals surface area contributed by atoms with E-state index in [2.05, 4.69) is 49.9 Å². The Bertz CT molecular complexity index is 747. The molecule has 1 unspecified atom stereocenters. The van der Waals surface area contributed by atoms with E-state index in [9.17, 15) is 0 Å². The molecule has 1 aliphatic rings. The van der Waals surface area contributed by atoms with Crippen LogP contribution < -0.4 is 10.6 Å². The van der Waals surface area contributed by atoms with Gasteiger partial charge in [-0.3, -0.25) is 4.68 Å². The molecule has 3 rings (SSSR count). The van der Waals surface area contributed by atoms with Gasteiger partial charge in [-0.15, -0.1) is 0 Å². The first-order valence-electron chi connectivity index (χ1n) is 8.72. The minimum Gasteiger partial charge on any atom is -0.412 e. The number of hydrogen-bond donors (Lipinski definition) is 1. The van der Waals surface area contributed by atoms with Crippen molar-refractivity contribution in [3.8, 4) is 0 Å². The Kier molecular flexibility index (Phi) is 4.16. The predicted molar refractivity (Wildman–Crippen MR) is 104 cm³/mol. The van der Waals surface area contributed by atoms with Gasteiger partial charge in [0.05, 0.1) is 23.0 Å². The maximum absolute atomic E-state index is 6.58. The fourth-order valence-corrected chi connectivity index (χ4v) is 4.49. The van der Waals surface area contributed by atoms with Gasteiger partial charge in [0.1, 0.15) is 0 Å². The number of aromatic nitrogens is 2. The molecule has 0 spiro atoms. The Morgan fingerprint density at radius 2 is 2.00 bits per heavy atom. The molecule has 2 N–H and O–H groups in total. The molecule has 6 heteroatoms. The maximum Gasteiger partial charge on any atom is 0.192 e. The maximum atomic E-state index is 6.58. The van der Waals surface area contributed by atoms with E-state index in [1.54, 1.807) is 0 Å². The summed E-state index contributed by atoms with van der Waals surface area (Å²) in [5.74, 6) is 0. The molecule has 2 heterocycles. The molecule has 132 valence electrons. The number of nitrogens with two attached hydrogens (primary N) is 1. The summed E-state index contributed by atoms with van der Waals surface area (Å²) in [7, 11) is 0.211. The highest BCUT2D eigenvalue weighted by Gasteiger charge is 2.40. The zero-order valence-electron chi connectivity index (χ0n) is 15.8. The van der Waals surface area contributed by atoms with E-state index in [1.807, 2.05) is 24.0 Å². The van der Waals surface area contributed by atoms with Gasteiger partial charge in [0.15, 0.2) is 8.32 Å². The van der Waals surface area contributed by atoms with Gasteiger partial charge in [0, 0.05) is 31.7 Å². The Hall–Kier alpha value is -1.53. The first-order chi connectivity index (χ1) is 11.1. The van der Waals surface area contributed by atoms with Crippen molar-refractivity contribution in [1.29, 1.82) is 0 Å². The first kappa shape index (κ1) is 17.3. The number of nitrogen functional groups attached to an aromatic ring is 1. The lowest BCUT2D eigenvalue weighted by molar-refractivity contribution is 0.202. The number of benzene rings is 1. The molecule has 24 heavy (non-hydrogen) atoms. The second-order valence-electron chi connectivity index (χ2n) is 8.51. The standard InChI is InChI=1S/C18H30N4OSi/c1-18(2,3)24(5,6)23-14-7-8-22(12-14)17-10-16-13(9-15(17)19)11-21(4)20-16/h9-11,14H,7-8,12,19H2,1-6H3. The van der Waals surface area contributed by atoms with Crippen LogP contribution in [0.15, 0.2) is 18.3 Å². The Morgan fingerprint density at radius 3 is 2.67 bits per heavy atom. The third-order valence-electron chi connectivity index (χ3n) is 5.52. The van der Waals surface area contributed by atoms with E-state index in [-0.39, 0.29) is 5.04 Å². The molecule has 1 aromatic carbocycles. The summed E-state index contributed by atoms with van der Waals surface area (Å²) < 4.78 is 8.42. The number of anilines is 2. The largest absolute Gasteiger partial charge is 0.412 e. The SMILES string of the molecule is Cn1cc2cc(N)c(N3CCC(O[Si](C)(C)C(C)(C)C)C3)cc2n1. The summed E-state index contributed by atoms with van der Waals surface area (Å²) in [6, 6.07) is 4.14. The van der Waals surface area contributed by atoms with Crippen molar-refractivity contribution in [2.75, 3.05) is 23.7 Å². The zero-order valence-corrected chi connectivity index (χ0v) is 16.8. The number of fused-ring (bicyclic) bond motifs is 1. The molecular weight excluding hydrogens is 316 g/mol. The van der Waals surface area contributed by atoms with Crippen LogP contribution in [0.5, 0.6) is 0 Å². The molecular formula is C18H30N4OSi. The van der Waals surface area contributed by atoms with E-state index in [0.717, 1.165) is 41.8 Å². The predicted octanol–water partition coefficient (Wildman–Crippen LogP) is 3.76. The van der Waals surface area contributed by atoms with Gasteiger partial charge in [-0.25, -0.2) is 0 Å². The van der Waals surface area contributed by atoms with Crippen LogP contribution in [0.3, 0.4) is 0 Å². The van der Waals surface area contributed by atoms with Gasteiger partial charge < -0.3 is 15.1 Å². The van der Waals surface area contributed by atoms with Crippen molar-refractivity contribution >= 4 is 30.6 Å². The molecule has 1 saturated heterocycles. The highest BCUT2D eigenvalue weighted by atomic mass is 28.4. The molecule has 0 amide bonds. The van der Waals surface area contributed by atoms with Crippen LogP contribution in [-0.2, 0) is 11.5 Å². The van der Waals surface area contributed by atoms with Crippen molar-refractivity contribution < 1.29 is 4.43 Å². The number of rotatable bonds is 3. The molecule has 0 aliphatic carbocycles. The second-order valence-corrected chi connectivity index (χ2v) is 13.3. The van der Waals surface area contributed by atoms with Crippen LogP contribution in [-0.4, -0.2) is 37.3 Å². The monoisotopic (exact) mass is 346 g/mol. The van der Waals surface area contributed by atoms with E-state index in [4.69, 9.17) is 10.2 Å². The third-order valence-corrected chi connectivity index (χ3v) is 10.1. The van der Waals surface area contributed by atoms with E-state index in [0.29, 0.717) is 6.10 Å². The average Bonchev–Trinajstić information content (AvgIpc) is 3.01. The highest BCUT2D eigenvalue weighted by Crippen LogP contribution is 2.39. The number of hydrogen-bond acceptors (Lipinski definition) is 4. The summed E-state index contributed by atoms with van der Waals surface area (Å²) >= 11 is 0. The van der Waals surface area contributed by atoms with Gasteiger partial charge in [0.2, 0.25) is 0 Å². The van der Waals surface area contributed by atoms with Crippen LogP contribution >= 0.6 is 0 Å². The molecule has 2 aromatic rings. The van der Waals surface area contributed by atoms with E-state index >= 15 is 0 Å². The molecule has 1 aliphatic heterocycles. The molecule has 1 atom stereocenters. The lowest BCUT2D eigenvalue weighted by Gasteiger charge is -2.38. The van der Waals surface area contributed by atoms with Gasteiger partial charge >= 0.3 is 0 Å². The van der Waals surface area contributed by atoms with Gasteiger partial charge in [-0.05, 0) is 36.7 Å². The topological polar surface area (TPSA) is 56.3 Å². The Balaban J connectivity index is 1.77. The average molecular weight is 347 g/mol. The zero-order chi connectivity index (χ0) is 17.7. The summed E-state index contributed by atoms with van der Waals surface area (Å²) in [4.78, 5) is 2.35. The minimum atomic E-state index is -1.73. The molecule has 0 bridgehead atoms. The smallest absolute Gasteiger partial charge is 0.192 e. The van der Waals surface area contributed by atoms with Gasteiger partial charge in [0.25, 0.3) is 0 Å². The Labute approximate surface area is 145 Å². The van der Waals surface area contributed by atoms with Crippen LogP contribution in [0.4, 0.5) is 11.4 Å². The van der Waals surface area contributed by atoms with E-state index in [1.165, 1.54) is 0 Å². The fraction of sp³-hybridized carbons (Fsp3) is 0.611. The lowest BCUT2D eigenvalue weighted by Crippen LogP contribution is -2.44. The van der Waals surface area contributed by atoms with Crippen LogP contribution in [0.25, 0.3) is 10.9 Å². The number of nitrogens with zero attached hydrogens (tertiary/aromatic N) is 3. The summed E-state index contributed by atoms with van der Waals surface area (Å²) in [6.07, 6.45) is 3.36. The molecule has 1 fully saturated rings. The normalized spacial score (nSPS) is 19.4. The van der Waals surface area contributed by atoms with E-state index < -0.39 is 8.32 Å². The fourth-order valence-electron chi connectivity index (χ4n) is 3.11. The summed E-state index contributed by atoms with van der Waals surface area (Å²) in [6.45, 7) is 13.4. The van der Waals surface area contributed by atoms with Crippen molar-refractivity contribution in [2.24, 2.45) is 7.05 Å². The highest BCUT2D eigenvalue weighted by molar-refractivity contribution is 6.74. The molecule has 5 nitrogen and oxygen atoms in total. The third kappa shape index (κ3) is 3.17. The minimum absolute atomic E-state index is 0.242. The van der Waals surface area contributed by atoms with Gasteiger partial charge in [-0.1, -0.05) is 20.8 Å². The van der Waals surface area contributed by atoms with Crippen LogP contribution in [0.2, 0.25) is 18.1 Å². The van der Waals surface area contributed by atoms with Crippen molar-refractivity contribution in [3.05, 3.63) is 18.3 Å². The molecule has 0 radical (unpaired) electrons. The lowest BCUT2D eigenvalue weighted by atomic mass is 10.2.